The number of nitrogens with two attached hydrogens (primary N) is 1. The van der Waals surface area contributed by atoms with E-state index in [0.717, 1.165) is 25.0 Å². The van der Waals surface area contributed by atoms with Gasteiger partial charge in [0.25, 0.3) is 0 Å². The van der Waals surface area contributed by atoms with Crippen molar-refractivity contribution in [3.63, 3.8) is 0 Å². The van der Waals surface area contributed by atoms with Crippen LogP contribution in [0.15, 0.2) is 16.9 Å². The summed E-state index contributed by atoms with van der Waals surface area (Å²) in [6.07, 6.45) is 4.23. The smallest absolute Gasteiger partial charge is 0.226 e. The first-order chi connectivity index (χ1) is 7.33. The summed E-state index contributed by atoms with van der Waals surface area (Å²) in [4.78, 5) is 10.7. The lowest BCUT2D eigenvalue weighted by Crippen LogP contribution is -2.27. The summed E-state index contributed by atoms with van der Waals surface area (Å²) < 4.78 is 4.94. The highest BCUT2D eigenvalue weighted by molar-refractivity contribution is 5.71. The third-order valence-corrected chi connectivity index (χ3v) is 2.60. The first-order valence-electron chi connectivity index (χ1n) is 4.91. The van der Waals surface area contributed by atoms with E-state index in [1.165, 1.54) is 0 Å². The molecule has 3 heterocycles. The lowest BCUT2D eigenvalue weighted by Gasteiger charge is -2.14. The highest BCUT2D eigenvalue weighted by atomic mass is 16.5. The van der Waals surface area contributed by atoms with Crippen molar-refractivity contribution in [1.82, 2.24) is 15.1 Å². The van der Waals surface area contributed by atoms with E-state index in [-0.39, 0.29) is 6.04 Å². The normalized spacial score (nSPS) is 21.4. The number of hydrogen-bond donors (Lipinski definition) is 1. The average molecular weight is 205 g/mol. The summed E-state index contributed by atoms with van der Waals surface area (Å²) >= 11 is 0. The maximum Gasteiger partial charge on any atom is 0.226 e. The van der Waals surface area contributed by atoms with Gasteiger partial charge >= 0.3 is 0 Å². The molecule has 0 aliphatic carbocycles. The van der Waals surface area contributed by atoms with Crippen LogP contribution >= 0.6 is 0 Å². The van der Waals surface area contributed by atoms with Crippen LogP contribution in [0.5, 0.6) is 0 Å². The van der Waals surface area contributed by atoms with Gasteiger partial charge in [-0.15, -0.1) is 0 Å². The summed E-state index contributed by atoms with van der Waals surface area (Å²) in [5.74, 6) is 0.707. The van der Waals surface area contributed by atoms with Crippen molar-refractivity contribution in [1.29, 1.82) is 0 Å². The molecule has 1 aliphatic heterocycles. The minimum atomic E-state index is 0.228. The Morgan fingerprint density at radius 1 is 1.47 bits per heavy atom. The largest absolute Gasteiger partial charge is 0.353 e. The molecule has 0 spiro atoms. The van der Waals surface area contributed by atoms with Crippen LogP contribution in [0.3, 0.4) is 0 Å². The average Bonchev–Trinajstić information content (AvgIpc) is 2.84. The Bertz CT molecular complexity index is 482. The monoisotopic (exact) mass is 205 g/mol. The highest BCUT2D eigenvalue weighted by Gasteiger charge is 2.21. The van der Waals surface area contributed by atoms with Crippen LogP contribution in [-0.2, 0) is 0 Å². The molecule has 0 aromatic carbocycles. The van der Waals surface area contributed by atoms with Crippen molar-refractivity contribution >= 4 is 17.0 Å². The minimum Gasteiger partial charge on any atom is -0.353 e. The molecule has 1 saturated heterocycles. The lowest BCUT2D eigenvalue weighted by molar-refractivity contribution is 0.455. The number of fused-ring (bicyclic) bond motifs is 1. The van der Waals surface area contributed by atoms with Gasteiger partial charge in [0.2, 0.25) is 11.5 Å². The zero-order chi connectivity index (χ0) is 10.3. The maximum atomic E-state index is 5.83. The van der Waals surface area contributed by atoms with Crippen LogP contribution in [0, 0.1) is 0 Å². The van der Waals surface area contributed by atoms with Crippen molar-refractivity contribution in [3.8, 4) is 0 Å². The number of aromatic nitrogens is 3. The Balaban J connectivity index is 1.97. The zero-order valence-electron chi connectivity index (χ0n) is 8.13. The van der Waals surface area contributed by atoms with Gasteiger partial charge in [-0.25, -0.2) is 9.97 Å². The second-order valence-corrected chi connectivity index (χ2v) is 3.74. The predicted octanol–water partition coefficient (Wildman–Crippen LogP) is 0.155. The second kappa shape index (κ2) is 3.16. The molecule has 2 aromatic heterocycles. The van der Waals surface area contributed by atoms with E-state index in [1.54, 1.807) is 12.4 Å². The SMILES string of the molecule is NC1CCN(c2ncc3oncc3n2)C1. The van der Waals surface area contributed by atoms with E-state index in [2.05, 4.69) is 20.0 Å². The van der Waals surface area contributed by atoms with E-state index >= 15 is 0 Å². The topological polar surface area (TPSA) is 81.1 Å². The highest BCUT2D eigenvalue weighted by Crippen LogP contribution is 2.17. The molecule has 15 heavy (non-hydrogen) atoms. The molecule has 0 radical (unpaired) electrons. The van der Waals surface area contributed by atoms with Gasteiger partial charge in [0.05, 0.1) is 12.4 Å². The van der Waals surface area contributed by atoms with Crippen molar-refractivity contribution in [2.24, 2.45) is 5.73 Å². The van der Waals surface area contributed by atoms with E-state index in [4.69, 9.17) is 10.3 Å². The molecule has 1 fully saturated rings. The summed E-state index contributed by atoms with van der Waals surface area (Å²) in [6.45, 7) is 1.73. The molecular formula is C9H11N5O. The third-order valence-electron chi connectivity index (χ3n) is 2.60. The molecule has 2 aromatic rings. The van der Waals surface area contributed by atoms with E-state index in [1.807, 2.05) is 0 Å². The molecule has 1 unspecified atom stereocenters. The van der Waals surface area contributed by atoms with Crippen LogP contribution in [0.1, 0.15) is 6.42 Å². The van der Waals surface area contributed by atoms with Crippen LogP contribution in [-0.4, -0.2) is 34.3 Å². The van der Waals surface area contributed by atoms with Gasteiger partial charge in [-0.05, 0) is 6.42 Å². The lowest BCUT2D eigenvalue weighted by atomic mass is 10.3. The van der Waals surface area contributed by atoms with E-state index in [9.17, 15) is 0 Å². The molecule has 0 amide bonds. The minimum absolute atomic E-state index is 0.228. The molecular weight excluding hydrogens is 194 g/mol. The molecule has 1 atom stereocenters. The number of hydrogen-bond acceptors (Lipinski definition) is 6. The second-order valence-electron chi connectivity index (χ2n) is 3.74. The Morgan fingerprint density at radius 2 is 2.40 bits per heavy atom. The first-order valence-corrected chi connectivity index (χ1v) is 4.91. The van der Waals surface area contributed by atoms with Crippen molar-refractivity contribution < 1.29 is 4.52 Å². The molecule has 6 heteroatoms. The van der Waals surface area contributed by atoms with Gasteiger partial charge in [-0.2, -0.15) is 0 Å². The molecule has 1 aliphatic rings. The van der Waals surface area contributed by atoms with Gasteiger partial charge in [0.15, 0.2) is 0 Å². The van der Waals surface area contributed by atoms with Gasteiger partial charge in [-0.1, -0.05) is 5.16 Å². The van der Waals surface area contributed by atoms with Gasteiger partial charge in [0, 0.05) is 19.1 Å². The Kier molecular flexibility index (Phi) is 1.81. The molecule has 6 nitrogen and oxygen atoms in total. The number of rotatable bonds is 1. The van der Waals surface area contributed by atoms with Crippen molar-refractivity contribution in [2.45, 2.75) is 12.5 Å². The van der Waals surface area contributed by atoms with Crippen molar-refractivity contribution in [2.75, 3.05) is 18.0 Å². The Labute approximate surface area is 86.1 Å². The Morgan fingerprint density at radius 3 is 3.20 bits per heavy atom. The van der Waals surface area contributed by atoms with Crippen molar-refractivity contribution in [3.05, 3.63) is 12.4 Å². The standard InChI is InChI=1S/C9H11N5O/c10-6-1-2-14(5-6)9-11-4-8-7(13-9)3-12-15-8/h3-4,6H,1-2,5,10H2. The van der Waals surface area contributed by atoms with Crippen LogP contribution < -0.4 is 10.6 Å². The first kappa shape index (κ1) is 8.60. The van der Waals surface area contributed by atoms with Gasteiger partial charge in [-0.3, -0.25) is 0 Å². The number of nitrogens with zero attached hydrogens (tertiary/aromatic N) is 4. The van der Waals surface area contributed by atoms with Crippen LogP contribution in [0.4, 0.5) is 5.95 Å². The number of anilines is 1. The third kappa shape index (κ3) is 1.42. The van der Waals surface area contributed by atoms with Crippen LogP contribution in [0.25, 0.3) is 11.1 Å². The zero-order valence-corrected chi connectivity index (χ0v) is 8.13. The molecule has 78 valence electrons. The summed E-state index contributed by atoms with van der Waals surface area (Å²) in [7, 11) is 0. The summed E-state index contributed by atoms with van der Waals surface area (Å²) in [5, 5.41) is 3.66. The van der Waals surface area contributed by atoms with Gasteiger partial charge in [0.1, 0.15) is 5.52 Å². The summed E-state index contributed by atoms with van der Waals surface area (Å²) in [5.41, 5.74) is 7.18. The fourth-order valence-corrected chi connectivity index (χ4v) is 1.79. The predicted molar refractivity (Wildman–Crippen MR) is 54.4 cm³/mol. The maximum absolute atomic E-state index is 5.83. The van der Waals surface area contributed by atoms with E-state index in [0.29, 0.717) is 11.5 Å². The molecule has 0 saturated carbocycles. The summed E-state index contributed by atoms with van der Waals surface area (Å²) in [6, 6.07) is 0.228. The molecule has 3 rings (SSSR count). The fraction of sp³-hybridized carbons (Fsp3) is 0.444. The molecule has 0 bridgehead atoms. The molecule has 2 N–H and O–H groups in total. The Hall–Kier alpha value is -1.69. The van der Waals surface area contributed by atoms with Crippen LogP contribution in [0.2, 0.25) is 0 Å². The fourth-order valence-electron chi connectivity index (χ4n) is 1.79. The van der Waals surface area contributed by atoms with E-state index < -0.39 is 0 Å². The van der Waals surface area contributed by atoms with Gasteiger partial charge < -0.3 is 15.2 Å². The quantitative estimate of drug-likeness (QED) is 0.714.